The third kappa shape index (κ3) is 4.19. The number of hydrogen-bond donors (Lipinski definition) is 1. The minimum Gasteiger partial charge on any atom is -0.449 e. The molecule has 1 N–H and O–H groups in total. The van der Waals surface area contributed by atoms with E-state index in [1.54, 1.807) is 48.8 Å². The Morgan fingerprint density at radius 2 is 2.00 bits per heavy atom. The van der Waals surface area contributed by atoms with Crippen LogP contribution in [0.5, 0.6) is 0 Å². The molecule has 1 saturated carbocycles. The number of benzene rings is 1. The van der Waals surface area contributed by atoms with Crippen molar-refractivity contribution in [3.05, 3.63) is 60.1 Å². The monoisotopic (exact) mass is 412 g/mol. The first-order chi connectivity index (χ1) is 13.9. The summed E-state index contributed by atoms with van der Waals surface area (Å²) >= 11 is 0. The summed E-state index contributed by atoms with van der Waals surface area (Å²) in [4.78, 5) is 16.7. The molecule has 0 aliphatic heterocycles. The van der Waals surface area contributed by atoms with Crippen LogP contribution in [-0.4, -0.2) is 24.6 Å². The molecule has 1 amide bonds. The highest BCUT2D eigenvalue weighted by atomic mass is 32.2. The molecule has 7 heteroatoms. The van der Waals surface area contributed by atoms with Gasteiger partial charge in [0.25, 0.3) is 5.91 Å². The van der Waals surface area contributed by atoms with Crippen molar-refractivity contribution in [1.29, 1.82) is 0 Å². The second-order valence-electron chi connectivity index (χ2n) is 7.79. The highest BCUT2D eigenvalue weighted by Gasteiger charge is 2.31. The molecule has 1 aliphatic rings. The number of sulfone groups is 1. The first-order valence-electron chi connectivity index (χ1n) is 9.88. The molecule has 0 radical (unpaired) electrons. The van der Waals surface area contributed by atoms with Gasteiger partial charge in [0.2, 0.25) is 0 Å². The lowest BCUT2D eigenvalue weighted by Gasteiger charge is -2.26. The zero-order valence-electron chi connectivity index (χ0n) is 16.3. The van der Waals surface area contributed by atoms with Crippen LogP contribution in [0, 0.1) is 5.92 Å². The maximum atomic E-state index is 12.9. The van der Waals surface area contributed by atoms with Crippen LogP contribution >= 0.6 is 0 Å². The number of carbonyl (C=O) groups excluding carboxylic acids is 1. The SMILES string of the molecule is CC1CCCC(S(=O)(=O)c2ccc(CNC(=O)c3cc4ccncc4o3)cc2)C1. The standard InChI is InChI=1S/C22H24N2O4S/c1-15-3-2-4-19(11-15)29(26,27)18-7-5-16(6-8-18)13-24-22(25)20-12-17-9-10-23-14-21(17)28-20/h5-10,12,14-15,19H,2-4,11,13H2,1H3,(H,24,25). The number of rotatable bonds is 5. The lowest BCUT2D eigenvalue weighted by molar-refractivity contribution is 0.0925. The van der Waals surface area contributed by atoms with Gasteiger partial charge in [-0.05, 0) is 48.6 Å². The summed E-state index contributed by atoms with van der Waals surface area (Å²) in [6.07, 6.45) is 6.74. The summed E-state index contributed by atoms with van der Waals surface area (Å²) in [6.45, 7) is 2.40. The third-order valence-electron chi connectivity index (χ3n) is 5.58. The van der Waals surface area contributed by atoms with E-state index in [1.165, 1.54) is 0 Å². The van der Waals surface area contributed by atoms with Gasteiger partial charge in [-0.25, -0.2) is 8.42 Å². The largest absolute Gasteiger partial charge is 0.449 e. The van der Waals surface area contributed by atoms with Crippen LogP contribution in [0.4, 0.5) is 0 Å². The Hall–Kier alpha value is -2.67. The van der Waals surface area contributed by atoms with Gasteiger partial charge in [-0.2, -0.15) is 0 Å². The van der Waals surface area contributed by atoms with E-state index < -0.39 is 9.84 Å². The molecule has 0 bridgehead atoms. The minimum atomic E-state index is -3.31. The average Bonchev–Trinajstić information content (AvgIpc) is 3.17. The number of aromatic nitrogens is 1. The molecular formula is C22H24N2O4S. The maximum Gasteiger partial charge on any atom is 0.287 e. The van der Waals surface area contributed by atoms with Crippen LogP contribution in [0.2, 0.25) is 0 Å². The van der Waals surface area contributed by atoms with Crippen LogP contribution in [-0.2, 0) is 16.4 Å². The van der Waals surface area contributed by atoms with E-state index in [2.05, 4.69) is 17.2 Å². The number of hydrogen-bond acceptors (Lipinski definition) is 5. The Balaban J connectivity index is 1.41. The third-order valence-corrected chi connectivity index (χ3v) is 7.81. The molecule has 2 heterocycles. The van der Waals surface area contributed by atoms with Crippen molar-refractivity contribution in [2.24, 2.45) is 5.92 Å². The van der Waals surface area contributed by atoms with Crippen LogP contribution < -0.4 is 5.32 Å². The Morgan fingerprint density at radius 3 is 2.72 bits per heavy atom. The fraction of sp³-hybridized carbons (Fsp3) is 0.364. The normalized spacial score (nSPS) is 19.9. The molecule has 4 rings (SSSR count). The first kappa shape index (κ1) is 19.6. The predicted molar refractivity (Wildman–Crippen MR) is 110 cm³/mol. The zero-order chi connectivity index (χ0) is 20.4. The van der Waals surface area contributed by atoms with Crippen LogP contribution in [0.15, 0.2) is 58.1 Å². The topological polar surface area (TPSA) is 89.3 Å². The van der Waals surface area contributed by atoms with E-state index >= 15 is 0 Å². The van der Waals surface area contributed by atoms with Gasteiger partial charge in [0.05, 0.1) is 16.3 Å². The maximum absolute atomic E-state index is 12.9. The second-order valence-corrected chi connectivity index (χ2v) is 10.0. The zero-order valence-corrected chi connectivity index (χ0v) is 17.1. The van der Waals surface area contributed by atoms with Crippen molar-refractivity contribution in [3.63, 3.8) is 0 Å². The highest BCUT2D eigenvalue weighted by Crippen LogP contribution is 2.31. The number of nitrogens with one attached hydrogen (secondary N) is 1. The van der Waals surface area contributed by atoms with E-state index in [0.29, 0.717) is 16.4 Å². The molecule has 2 atom stereocenters. The molecule has 1 fully saturated rings. The molecule has 152 valence electrons. The van der Waals surface area contributed by atoms with Gasteiger partial charge in [0.15, 0.2) is 21.2 Å². The summed E-state index contributed by atoms with van der Waals surface area (Å²) in [5.41, 5.74) is 1.39. The van der Waals surface area contributed by atoms with Crippen LogP contribution in [0.3, 0.4) is 0 Å². The Kier molecular flexibility index (Phi) is 5.41. The first-order valence-corrected chi connectivity index (χ1v) is 11.4. The van der Waals surface area contributed by atoms with E-state index in [9.17, 15) is 13.2 Å². The van der Waals surface area contributed by atoms with Gasteiger partial charge in [-0.1, -0.05) is 31.9 Å². The van der Waals surface area contributed by atoms with E-state index in [1.807, 2.05) is 0 Å². The van der Waals surface area contributed by atoms with Crippen molar-refractivity contribution in [2.75, 3.05) is 0 Å². The van der Waals surface area contributed by atoms with Gasteiger partial charge in [-0.3, -0.25) is 9.78 Å². The number of carbonyl (C=O) groups is 1. The van der Waals surface area contributed by atoms with E-state index in [-0.39, 0.29) is 23.5 Å². The molecule has 0 saturated heterocycles. The van der Waals surface area contributed by atoms with Crippen molar-refractivity contribution in [3.8, 4) is 0 Å². The molecular weight excluding hydrogens is 388 g/mol. The van der Waals surface area contributed by atoms with Gasteiger partial charge in [-0.15, -0.1) is 0 Å². The smallest absolute Gasteiger partial charge is 0.287 e. The quantitative estimate of drug-likeness (QED) is 0.681. The van der Waals surface area contributed by atoms with Gasteiger partial charge in [0, 0.05) is 18.1 Å². The molecule has 1 aliphatic carbocycles. The van der Waals surface area contributed by atoms with Crippen molar-refractivity contribution >= 4 is 26.7 Å². The van der Waals surface area contributed by atoms with Gasteiger partial charge >= 0.3 is 0 Å². The summed E-state index contributed by atoms with van der Waals surface area (Å²) < 4.78 is 31.3. The lowest BCUT2D eigenvalue weighted by Crippen LogP contribution is -2.27. The fourth-order valence-corrected chi connectivity index (χ4v) is 5.87. The number of pyridine rings is 1. The molecule has 2 aromatic heterocycles. The van der Waals surface area contributed by atoms with Crippen LogP contribution in [0.1, 0.15) is 48.7 Å². The molecule has 6 nitrogen and oxygen atoms in total. The highest BCUT2D eigenvalue weighted by molar-refractivity contribution is 7.92. The summed E-state index contributed by atoms with van der Waals surface area (Å²) in [6, 6.07) is 10.2. The Bertz CT molecular complexity index is 1090. The lowest BCUT2D eigenvalue weighted by atomic mass is 9.91. The van der Waals surface area contributed by atoms with Gasteiger partial charge in [0.1, 0.15) is 0 Å². The second kappa shape index (κ2) is 7.99. The summed E-state index contributed by atoms with van der Waals surface area (Å²) in [5.74, 6) is 0.347. The molecule has 3 aromatic rings. The number of fused-ring (bicyclic) bond motifs is 1. The van der Waals surface area contributed by atoms with Crippen molar-refractivity contribution in [2.45, 2.75) is 49.3 Å². The predicted octanol–water partition coefficient (Wildman–Crippen LogP) is 4.11. The summed E-state index contributed by atoms with van der Waals surface area (Å²) in [5, 5.41) is 3.33. The molecule has 0 spiro atoms. The van der Waals surface area contributed by atoms with E-state index in [0.717, 1.165) is 36.6 Å². The van der Waals surface area contributed by atoms with Crippen molar-refractivity contribution in [1.82, 2.24) is 10.3 Å². The minimum absolute atomic E-state index is 0.221. The van der Waals surface area contributed by atoms with Crippen LogP contribution in [0.25, 0.3) is 11.0 Å². The van der Waals surface area contributed by atoms with Crippen molar-refractivity contribution < 1.29 is 17.6 Å². The Labute approximate surface area is 170 Å². The van der Waals surface area contributed by atoms with E-state index in [4.69, 9.17) is 4.42 Å². The Morgan fingerprint density at radius 1 is 1.21 bits per heavy atom. The van der Waals surface area contributed by atoms with Gasteiger partial charge < -0.3 is 9.73 Å². The number of amides is 1. The average molecular weight is 413 g/mol. The fourth-order valence-electron chi connectivity index (χ4n) is 3.92. The molecule has 2 unspecified atom stereocenters. The number of furan rings is 1. The summed E-state index contributed by atoms with van der Waals surface area (Å²) in [7, 11) is -3.31. The molecule has 1 aromatic carbocycles. The molecule has 29 heavy (non-hydrogen) atoms. The number of nitrogens with zero attached hydrogens (tertiary/aromatic N) is 1.